The normalized spacial score (nSPS) is 9.94. The van der Waals surface area contributed by atoms with Crippen molar-refractivity contribution in [3.05, 3.63) is 40.3 Å². The number of rotatable bonds is 2. The summed E-state index contributed by atoms with van der Waals surface area (Å²) >= 11 is 0. The molecule has 6 heteroatoms. The Balaban J connectivity index is 2.60. The van der Waals surface area contributed by atoms with Crippen molar-refractivity contribution >= 4 is 5.95 Å². The molecule has 1 N–H and O–H groups in total. The van der Waals surface area contributed by atoms with E-state index in [0.717, 1.165) is 0 Å². The second-order valence-electron chi connectivity index (χ2n) is 3.47. The molecule has 0 saturated heterocycles. The summed E-state index contributed by atoms with van der Waals surface area (Å²) in [5, 5.41) is 15.6. The van der Waals surface area contributed by atoms with Crippen LogP contribution in [0.25, 0.3) is 5.69 Å². The summed E-state index contributed by atoms with van der Waals surface area (Å²) in [6.45, 7) is 0. The predicted octanol–water partition coefficient (Wildman–Crippen LogP) is 0.484. The van der Waals surface area contributed by atoms with E-state index >= 15 is 0 Å². The minimum atomic E-state index is -0.237. The Kier molecular flexibility index (Phi) is 2.66. The Morgan fingerprint density at radius 1 is 1.35 bits per heavy atom. The molecule has 1 aromatic heterocycles. The van der Waals surface area contributed by atoms with Crippen molar-refractivity contribution in [1.29, 1.82) is 5.26 Å². The van der Waals surface area contributed by atoms with Crippen LogP contribution in [0.5, 0.6) is 0 Å². The van der Waals surface area contributed by atoms with Crippen LogP contribution in [0.1, 0.15) is 5.56 Å². The smallest absolute Gasteiger partial charge is 0.351 e. The summed E-state index contributed by atoms with van der Waals surface area (Å²) in [7, 11) is 3.28. The van der Waals surface area contributed by atoms with Crippen molar-refractivity contribution in [1.82, 2.24) is 14.3 Å². The van der Waals surface area contributed by atoms with E-state index in [2.05, 4.69) is 10.4 Å². The first-order valence-corrected chi connectivity index (χ1v) is 5.01. The Morgan fingerprint density at radius 3 is 2.53 bits per heavy atom. The summed E-state index contributed by atoms with van der Waals surface area (Å²) < 4.78 is 2.70. The van der Waals surface area contributed by atoms with E-state index in [1.165, 1.54) is 9.25 Å². The molecule has 0 saturated carbocycles. The molecule has 0 aliphatic carbocycles. The van der Waals surface area contributed by atoms with Gasteiger partial charge in [0.2, 0.25) is 5.95 Å². The summed E-state index contributed by atoms with van der Waals surface area (Å²) in [6, 6.07) is 8.77. The lowest BCUT2D eigenvalue weighted by Crippen LogP contribution is -2.21. The largest absolute Gasteiger partial charge is 0.357 e. The fourth-order valence-corrected chi connectivity index (χ4v) is 1.54. The molecule has 1 aromatic carbocycles. The lowest BCUT2D eigenvalue weighted by Gasteiger charge is -2.04. The van der Waals surface area contributed by atoms with E-state index < -0.39 is 0 Å². The van der Waals surface area contributed by atoms with Crippen LogP contribution in [0, 0.1) is 11.3 Å². The van der Waals surface area contributed by atoms with Gasteiger partial charge >= 0.3 is 5.69 Å². The number of benzene rings is 1. The van der Waals surface area contributed by atoms with Crippen LogP contribution in [0.2, 0.25) is 0 Å². The number of aryl methyl sites for hydroxylation is 1. The maximum atomic E-state index is 11.9. The van der Waals surface area contributed by atoms with E-state index in [4.69, 9.17) is 5.26 Å². The molecule has 6 nitrogen and oxygen atoms in total. The van der Waals surface area contributed by atoms with Crippen LogP contribution in [0.4, 0.5) is 5.95 Å². The number of hydrogen-bond donors (Lipinski definition) is 1. The first-order valence-electron chi connectivity index (χ1n) is 5.01. The lowest BCUT2D eigenvalue weighted by atomic mass is 10.2. The summed E-state index contributed by atoms with van der Waals surface area (Å²) in [6.07, 6.45) is 0. The number of anilines is 1. The average Bonchev–Trinajstić information content (AvgIpc) is 2.65. The van der Waals surface area contributed by atoms with Gasteiger partial charge < -0.3 is 5.32 Å². The highest BCUT2D eigenvalue weighted by Crippen LogP contribution is 2.11. The van der Waals surface area contributed by atoms with E-state index in [1.54, 1.807) is 38.4 Å². The van der Waals surface area contributed by atoms with Gasteiger partial charge in [0.05, 0.1) is 17.3 Å². The number of nitrogens with zero attached hydrogens (tertiary/aromatic N) is 4. The lowest BCUT2D eigenvalue weighted by molar-refractivity contribution is 0.727. The summed E-state index contributed by atoms with van der Waals surface area (Å²) in [5.41, 5.74) is 0.988. The fourth-order valence-electron chi connectivity index (χ4n) is 1.54. The van der Waals surface area contributed by atoms with Crippen LogP contribution >= 0.6 is 0 Å². The van der Waals surface area contributed by atoms with Gasteiger partial charge in [-0.15, -0.1) is 5.10 Å². The third-order valence-electron chi connectivity index (χ3n) is 2.40. The molecule has 0 radical (unpaired) electrons. The minimum absolute atomic E-state index is 0.237. The molecule has 0 spiro atoms. The number of hydrogen-bond acceptors (Lipinski definition) is 4. The minimum Gasteiger partial charge on any atom is -0.357 e. The highest BCUT2D eigenvalue weighted by molar-refractivity contribution is 5.43. The number of aromatic nitrogens is 3. The second-order valence-corrected chi connectivity index (χ2v) is 3.47. The van der Waals surface area contributed by atoms with E-state index in [1.807, 2.05) is 6.07 Å². The molecule has 0 bridgehead atoms. The van der Waals surface area contributed by atoms with Gasteiger partial charge in [0, 0.05) is 14.1 Å². The SMILES string of the molecule is CNc1nn(C)c(=O)n1-c1ccc(C#N)cc1. The number of nitrogens with one attached hydrogen (secondary N) is 1. The summed E-state index contributed by atoms with van der Waals surface area (Å²) in [4.78, 5) is 11.9. The van der Waals surface area contributed by atoms with Crippen LogP contribution in [-0.4, -0.2) is 21.4 Å². The summed E-state index contributed by atoms with van der Waals surface area (Å²) in [5.74, 6) is 0.460. The van der Waals surface area contributed by atoms with Crippen molar-refractivity contribution in [3.8, 4) is 11.8 Å². The van der Waals surface area contributed by atoms with Gasteiger partial charge in [-0.2, -0.15) is 5.26 Å². The van der Waals surface area contributed by atoms with Crippen molar-refractivity contribution in [2.24, 2.45) is 7.05 Å². The van der Waals surface area contributed by atoms with Gasteiger partial charge in [-0.05, 0) is 24.3 Å². The van der Waals surface area contributed by atoms with Crippen molar-refractivity contribution in [3.63, 3.8) is 0 Å². The molecule has 0 aliphatic heterocycles. The first kappa shape index (κ1) is 11.0. The third kappa shape index (κ3) is 1.78. The molecule has 17 heavy (non-hydrogen) atoms. The van der Waals surface area contributed by atoms with Gasteiger partial charge in [-0.25, -0.2) is 14.0 Å². The molecular weight excluding hydrogens is 218 g/mol. The highest BCUT2D eigenvalue weighted by Gasteiger charge is 2.11. The average molecular weight is 229 g/mol. The predicted molar refractivity (Wildman–Crippen MR) is 63.1 cm³/mol. The Morgan fingerprint density at radius 2 is 2.00 bits per heavy atom. The van der Waals surface area contributed by atoms with Crippen LogP contribution in [0.15, 0.2) is 29.1 Å². The zero-order valence-corrected chi connectivity index (χ0v) is 9.51. The molecule has 0 atom stereocenters. The first-order chi connectivity index (χ1) is 8.17. The van der Waals surface area contributed by atoms with Crippen molar-refractivity contribution in [2.75, 3.05) is 12.4 Å². The quantitative estimate of drug-likeness (QED) is 0.812. The second kappa shape index (κ2) is 4.14. The van der Waals surface area contributed by atoms with Crippen LogP contribution < -0.4 is 11.0 Å². The van der Waals surface area contributed by atoms with E-state index in [9.17, 15) is 4.79 Å². The van der Waals surface area contributed by atoms with E-state index in [0.29, 0.717) is 17.2 Å². The van der Waals surface area contributed by atoms with Crippen LogP contribution in [-0.2, 0) is 7.05 Å². The molecule has 1 heterocycles. The molecular formula is C11H11N5O. The number of nitriles is 1. The topological polar surface area (TPSA) is 75.6 Å². The third-order valence-corrected chi connectivity index (χ3v) is 2.40. The zero-order valence-electron chi connectivity index (χ0n) is 9.51. The van der Waals surface area contributed by atoms with Crippen LogP contribution in [0.3, 0.4) is 0 Å². The van der Waals surface area contributed by atoms with Gasteiger partial charge in [-0.3, -0.25) is 0 Å². The molecule has 0 aliphatic rings. The Labute approximate surface area is 97.7 Å². The molecule has 2 rings (SSSR count). The maximum Gasteiger partial charge on any atom is 0.351 e. The highest BCUT2D eigenvalue weighted by atomic mass is 16.2. The monoisotopic (exact) mass is 229 g/mol. The Bertz CT molecular complexity index is 629. The fraction of sp³-hybridized carbons (Fsp3) is 0.182. The molecule has 0 unspecified atom stereocenters. The van der Waals surface area contributed by atoms with Gasteiger partial charge in [0.1, 0.15) is 0 Å². The van der Waals surface area contributed by atoms with E-state index in [-0.39, 0.29) is 5.69 Å². The molecule has 86 valence electrons. The standard InChI is InChI=1S/C11H11N5O/c1-13-10-14-15(2)11(17)16(10)9-5-3-8(7-12)4-6-9/h3-6H,1-2H3,(H,13,14). The molecule has 2 aromatic rings. The Hall–Kier alpha value is -2.55. The van der Waals surface area contributed by atoms with Gasteiger partial charge in [0.15, 0.2) is 0 Å². The van der Waals surface area contributed by atoms with Gasteiger partial charge in [-0.1, -0.05) is 0 Å². The molecule has 0 fully saturated rings. The van der Waals surface area contributed by atoms with Gasteiger partial charge in [0.25, 0.3) is 0 Å². The maximum absolute atomic E-state index is 11.9. The van der Waals surface area contributed by atoms with Crippen molar-refractivity contribution in [2.45, 2.75) is 0 Å². The van der Waals surface area contributed by atoms with Crippen molar-refractivity contribution < 1.29 is 0 Å². The zero-order chi connectivity index (χ0) is 12.4. The molecule has 0 amide bonds.